The smallest absolute Gasteiger partial charge is 0.266 e. The van der Waals surface area contributed by atoms with E-state index in [1.165, 1.54) is 13.5 Å². The number of fused-ring (bicyclic) bond motifs is 2. The molecule has 1 N–H and O–H groups in total. The summed E-state index contributed by atoms with van der Waals surface area (Å²) in [6.45, 7) is 7.51. The minimum atomic E-state index is -0.201. The maximum atomic E-state index is 14.0. The van der Waals surface area contributed by atoms with Gasteiger partial charge in [-0.3, -0.25) is 12.7 Å². The van der Waals surface area contributed by atoms with E-state index in [0.717, 1.165) is 57.8 Å². The Hall–Kier alpha value is -2.02. The number of nitriles is 1. The lowest BCUT2D eigenvalue weighted by molar-refractivity contribution is -0.128. The van der Waals surface area contributed by atoms with Crippen LogP contribution in [0.15, 0.2) is 12.1 Å². The summed E-state index contributed by atoms with van der Waals surface area (Å²) < 4.78 is 13.7. The number of methoxy groups -OCH3 is 1. The van der Waals surface area contributed by atoms with Crippen LogP contribution in [0.2, 0.25) is 0 Å². The summed E-state index contributed by atoms with van der Waals surface area (Å²) in [7, 11) is 1.52. The van der Waals surface area contributed by atoms with Gasteiger partial charge in [0.15, 0.2) is 0 Å². The molecule has 5 rings (SSSR count). The molecule has 4 fully saturated rings. The molecule has 0 unspecified atom stereocenters. The van der Waals surface area contributed by atoms with Crippen molar-refractivity contribution >= 4 is 34.7 Å². The van der Waals surface area contributed by atoms with Crippen molar-refractivity contribution in [2.45, 2.75) is 97.1 Å². The Morgan fingerprint density at radius 3 is 2.38 bits per heavy atom. The zero-order valence-corrected chi connectivity index (χ0v) is 25.9. The summed E-state index contributed by atoms with van der Waals surface area (Å²) in [5.74, 6) is 1.12. The first-order valence-electron chi connectivity index (χ1n) is 14.6. The fraction of sp³-hybridized carbons (Fsp3) is 0.710. The number of nitrogens with one attached hydrogen (secondary N) is 1. The van der Waals surface area contributed by atoms with Gasteiger partial charge in [0, 0.05) is 12.6 Å². The van der Waals surface area contributed by atoms with Crippen molar-refractivity contribution in [3.8, 4) is 17.6 Å². The third kappa shape index (κ3) is 5.75. The quantitative estimate of drug-likeness (QED) is 0.260. The van der Waals surface area contributed by atoms with Gasteiger partial charge in [0.05, 0.1) is 59.2 Å². The van der Waals surface area contributed by atoms with Gasteiger partial charge in [-0.2, -0.15) is 5.26 Å². The van der Waals surface area contributed by atoms with Crippen molar-refractivity contribution < 1.29 is 19.1 Å². The molecule has 0 heterocycles. The molecule has 0 aliphatic heterocycles. The number of benzene rings is 1. The van der Waals surface area contributed by atoms with E-state index >= 15 is 0 Å². The predicted molar refractivity (Wildman–Crippen MR) is 158 cm³/mol. The summed E-state index contributed by atoms with van der Waals surface area (Å²) in [4.78, 5) is 27.5. The Kier molecular flexibility index (Phi) is 8.11. The Morgan fingerprint density at radius 2 is 1.77 bits per heavy atom. The van der Waals surface area contributed by atoms with Gasteiger partial charge >= 0.3 is 0 Å². The number of ether oxygens (including phenoxy) is 2. The molecule has 4 atom stereocenters. The van der Waals surface area contributed by atoms with Crippen molar-refractivity contribution in [1.29, 1.82) is 5.26 Å². The molecule has 39 heavy (non-hydrogen) atoms. The zero-order valence-electron chi connectivity index (χ0n) is 23.7. The second kappa shape index (κ2) is 11.1. The molecular weight excluding hydrogens is 605 g/mol. The molecule has 0 aromatic heterocycles. The largest absolute Gasteiger partial charge is 0.496 e. The Bertz CT molecular complexity index is 1150. The van der Waals surface area contributed by atoms with Crippen molar-refractivity contribution in [3.05, 3.63) is 23.3 Å². The van der Waals surface area contributed by atoms with E-state index in [0.29, 0.717) is 46.4 Å². The van der Waals surface area contributed by atoms with Gasteiger partial charge in [0.25, 0.3) is 5.91 Å². The highest BCUT2D eigenvalue weighted by molar-refractivity contribution is 14.1. The molecule has 0 saturated heterocycles. The van der Waals surface area contributed by atoms with E-state index in [1.54, 1.807) is 15.2 Å². The van der Waals surface area contributed by atoms with Crippen LogP contribution in [-0.4, -0.2) is 40.7 Å². The normalized spacial score (nSPS) is 28.7. The Labute approximate surface area is 246 Å². The second-order valence-corrected chi connectivity index (χ2v) is 14.5. The zero-order chi connectivity index (χ0) is 27.9. The van der Waals surface area contributed by atoms with E-state index < -0.39 is 0 Å². The topological polar surface area (TPSA) is 91.7 Å². The first-order chi connectivity index (χ1) is 18.5. The summed E-state index contributed by atoms with van der Waals surface area (Å²) in [6.07, 6.45) is 10.6. The molecule has 2 bridgehead atoms. The average Bonchev–Trinajstić information content (AvgIpc) is 3.53. The fourth-order valence-electron chi connectivity index (χ4n) is 7.33. The predicted octanol–water partition coefficient (Wildman–Crippen LogP) is 6.43. The molecule has 4 aliphatic rings. The van der Waals surface area contributed by atoms with Gasteiger partial charge in [-0.1, -0.05) is 27.2 Å². The molecule has 4 aliphatic carbocycles. The SMILES string of the molecule is COc1cc(C#N)c(OC2CCC(C)(C)CC2)cc1C(=O)N(I)[C@@H]1[C@H]2CC[C@@H](C2)[C@H]1C(=O)NCC1(C)CCC1. The molecule has 8 heteroatoms. The molecule has 212 valence electrons. The highest BCUT2D eigenvalue weighted by Crippen LogP contribution is 2.52. The van der Waals surface area contributed by atoms with Crippen molar-refractivity contribution in [1.82, 2.24) is 8.43 Å². The maximum Gasteiger partial charge on any atom is 0.266 e. The molecule has 1 aromatic carbocycles. The fourth-order valence-corrected chi connectivity index (χ4v) is 8.39. The number of carbonyl (C=O) groups is 2. The van der Waals surface area contributed by atoms with Gasteiger partial charge in [-0.15, -0.1) is 0 Å². The van der Waals surface area contributed by atoms with Gasteiger partial charge in [-0.05, 0) is 86.5 Å². The van der Waals surface area contributed by atoms with Crippen LogP contribution in [-0.2, 0) is 4.79 Å². The highest BCUT2D eigenvalue weighted by atomic mass is 127. The van der Waals surface area contributed by atoms with Crippen molar-refractivity contribution in [3.63, 3.8) is 0 Å². The highest BCUT2D eigenvalue weighted by Gasteiger charge is 2.54. The van der Waals surface area contributed by atoms with E-state index in [-0.39, 0.29) is 35.3 Å². The van der Waals surface area contributed by atoms with Gasteiger partial charge in [-0.25, -0.2) is 0 Å². The molecule has 0 spiro atoms. The molecule has 0 radical (unpaired) electrons. The monoisotopic (exact) mass is 647 g/mol. The standard InChI is InChI=1S/C31H42IN3O4/c1-30(2)12-8-22(9-13-30)39-24-16-23(25(38-4)15-21(24)17-33)29(37)35(32)27-20-7-6-19(14-20)26(27)28(36)34-18-31(3)10-5-11-31/h15-16,19-20,22,26-27H,5-14,18H2,1-4H3,(H,34,36)/t19-,20-,26+,27+/m0/s1. The van der Waals surface area contributed by atoms with Gasteiger partial charge < -0.3 is 14.8 Å². The third-order valence-electron chi connectivity index (χ3n) is 10.1. The molecule has 4 saturated carbocycles. The lowest BCUT2D eigenvalue weighted by Crippen LogP contribution is -2.50. The van der Waals surface area contributed by atoms with E-state index in [2.05, 4.69) is 55.0 Å². The van der Waals surface area contributed by atoms with Crippen LogP contribution < -0.4 is 14.8 Å². The van der Waals surface area contributed by atoms with Crippen molar-refractivity contribution in [2.75, 3.05) is 13.7 Å². The number of carbonyl (C=O) groups excluding carboxylic acids is 2. The number of rotatable bonds is 8. The van der Waals surface area contributed by atoms with Crippen LogP contribution in [0.25, 0.3) is 0 Å². The summed E-state index contributed by atoms with van der Waals surface area (Å²) >= 11 is 2.11. The third-order valence-corrected chi connectivity index (χ3v) is 11.2. The van der Waals surface area contributed by atoms with Crippen LogP contribution in [0.5, 0.6) is 11.5 Å². The molecular formula is C31H42IN3O4. The second-order valence-electron chi connectivity index (χ2n) is 13.5. The van der Waals surface area contributed by atoms with E-state index in [9.17, 15) is 14.9 Å². The Balaban J connectivity index is 1.36. The molecule has 2 amide bonds. The van der Waals surface area contributed by atoms with Crippen LogP contribution in [0.3, 0.4) is 0 Å². The minimum absolute atomic E-state index is 0.0216. The van der Waals surface area contributed by atoms with E-state index in [1.807, 2.05) is 0 Å². The number of halogens is 1. The molecule has 7 nitrogen and oxygen atoms in total. The summed E-state index contributed by atoms with van der Waals surface area (Å²) in [6, 6.07) is 5.37. The maximum absolute atomic E-state index is 14.0. The minimum Gasteiger partial charge on any atom is -0.496 e. The summed E-state index contributed by atoms with van der Waals surface area (Å²) in [5, 5.41) is 13.1. The molecule has 1 aromatic rings. The first-order valence-corrected chi connectivity index (χ1v) is 15.6. The van der Waals surface area contributed by atoms with E-state index in [4.69, 9.17) is 9.47 Å². The number of hydrogen-bond donors (Lipinski definition) is 1. The Morgan fingerprint density at radius 1 is 1.08 bits per heavy atom. The summed E-state index contributed by atoms with van der Waals surface area (Å²) in [5.41, 5.74) is 1.26. The average molecular weight is 648 g/mol. The lowest BCUT2D eigenvalue weighted by Gasteiger charge is -2.40. The van der Waals surface area contributed by atoms with Gasteiger partial charge in [0.1, 0.15) is 17.6 Å². The van der Waals surface area contributed by atoms with Crippen LogP contribution in [0.4, 0.5) is 0 Å². The number of nitrogens with zero attached hydrogens (tertiary/aromatic N) is 2. The number of hydrogen-bond acceptors (Lipinski definition) is 5. The van der Waals surface area contributed by atoms with Crippen molar-refractivity contribution in [2.24, 2.45) is 28.6 Å². The van der Waals surface area contributed by atoms with Crippen LogP contribution in [0.1, 0.15) is 101 Å². The lowest BCUT2D eigenvalue weighted by atomic mass is 9.70. The number of amides is 2. The van der Waals surface area contributed by atoms with Crippen LogP contribution >= 0.6 is 22.9 Å². The van der Waals surface area contributed by atoms with Crippen LogP contribution in [0, 0.1) is 39.9 Å². The van der Waals surface area contributed by atoms with Gasteiger partial charge in [0.2, 0.25) is 5.91 Å². The first kappa shape index (κ1) is 28.5.